The number of para-hydroxylation sites is 1. The summed E-state index contributed by atoms with van der Waals surface area (Å²) in [4.78, 5) is 16.7. The van der Waals surface area contributed by atoms with E-state index < -0.39 is 0 Å². The predicted octanol–water partition coefficient (Wildman–Crippen LogP) is 4.87. The molecule has 2 N–H and O–H groups in total. The first-order chi connectivity index (χ1) is 11.6. The van der Waals surface area contributed by atoms with Gasteiger partial charge < -0.3 is 10.6 Å². The van der Waals surface area contributed by atoms with Crippen molar-refractivity contribution in [1.29, 1.82) is 0 Å². The zero-order valence-electron chi connectivity index (χ0n) is 12.5. The number of nitrogens with one attached hydrogen (secondary N) is 2. The maximum Gasteiger partial charge on any atom is 0.259 e. The Morgan fingerprint density at radius 3 is 2.50 bits per heavy atom. The highest BCUT2D eigenvalue weighted by Crippen LogP contribution is 2.23. The van der Waals surface area contributed by atoms with Gasteiger partial charge in [0.1, 0.15) is 11.6 Å². The van der Waals surface area contributed by atoms with Crippen LogP contribution in [0.25, 0.3) is 0 Å². The molecule has 1 heterocycles. The van der Waals surface area contributed by atoms with Crippen molar-refractivity contribution in [1.82, 2.24) is 4.98 Å². The fourth-order valence-corrected chi connectivity index (χ4v) is 2.29. The lowest BCUT2D eigenvalue weighted by atomic mass is 10.2. The minimum absolute atomic E-state index is 0.335. The van der Waals surface area contributed by atoms with Crippen molar-refractivity contribution in [2.45, 2.75) is 0 Å². The van der Waals surface area contributed by atoms with Crippen LogP contribution in [-0.4, -0.2) is 10.9 Å². The Bertz CT molecular complexity index is 868. The first-order valence-electron chi connectivity index (χ1n) is 7.17. The fraction of sp³-hybridized carbons (Fsp3) is 0. The number of carbonyl (C=O) groups is 1. The second-order valence-electron chi connectivity index (χ2n) is 4.97. The summed E-state index contributed by atoms with van der Waals surface area (Å²) in [5, 5.41) is 6.21. The molecular formula is C18H13ClFN3O. The summed E-state index contributed by atoms with van der Waals surface area (Å²) in [6.45, 7) is 0. The largest absolute Gasteiger partial charge is 0.340 e. The van der Waals surface area contributed by atoms with Crippen LogP contribution in [0.3, 0.4) is 0 Å². The number of halogens is 2. The number of amides is 1. The molecule has 0 spiro atoms. The van der Waals surface area contributed by atoms with E-state index in [2.05, 4.69) is 15.6 Å². The minimum Gasteiger partial charge on any atom is -0.340 e. The number of rotatable bonds is 4. The summed E-state index contributed by atoms with van der Waals surface area (Å²) in [6.07, 6.45) is 1.57. The predicted molar refractivity (Wildman–Crippen MR) is 93.3 cm³/mol. The maximum atomic E-state index is 13.0. The number of nitrogens with zero attached hydrogens (tertiary/aromatic N) is 1. The van der Waals surface area contributed by atoms with E-state index in [0.29, 0.717) is 27.8 Å². The van der Waals surface area contributed by atoms with Crippen LogP contribution in [-0.2, 0) is 0 Å². The first-order valence-corrected chi connectivity index (χ1v) is 7.55. The highest BCUT2D eigenvalue weighted by Gasteiger charge is 2.14. The van der Waals surface area contributed by atoms with E-state index in [1.807, 2.05) is 0 Å². The number of anilines is 3. The molecule has 0 aliphatic heterocycles. The van der Waals surface area contributed by atoms with Crippen LogP contribution in [0.1, 0.15) is 10.4 Å². The van der Waals surface area contributed by atoms with Crippen LogP contribution in [0.5, 0.6) is 0 Å². The molecule has 0 aliphatic rings. The van der Waals surface area contributed by atoms with Crippen molar-refractivity contribution < 1.29 is 9.18 Å². The Morgan fingerprint density at radius 1 is 1.00 bits per heavy atom. The summed E-state index contributed by atoms with van der Waals surface area (Å²) >= 11 is 6.06. The smallest absolute Gasteiger partial charge is 0.259 e. The van der Waals surface area contributed by atoms with Crippen molar-refractivity contribution in [2.24, 2.45) is 0 Å². The van der Waals surface area contributed by atoms with Gasteiger partial charge in [0.15, 0.2) is 0 Å². The number of aromatic nitrogens is 1. The minimum atomic E-state index is -0.346. The van der Waals surface area contributed by atoms with Crippen LogP contribution in [0, 0.1) is 5.82 Å². The second kappa shape index (κ2) is 7.10. The highest BCUT2D eigenvalue weighted by molar-refractivity contribution is 6.34. The normalized spacial score (nSPS) is 10.2. The summed E-state index contributed by atoms with van der Waals surface area (Å²) in [7, 11) is 0. The van der Waals surface area contributed by atoms with Gasteiger partial charge >= 0.3 is 0 Å². The number of carbonyl (C=O) groups excluding carboxylic acids is 1. The summed E-state index contributed by atoms with van der Waals surface area (Å²) in [5.41, 5.74) is 1.49. The lowest BCUT2D eigenvalue weighted by Gasteiger charge is -2.12. The number of hydrogen-bond donors (Lipinski definition) is 2. The number of hydrogen-bond acceptors (Lipinski definition) is 3. The van der Waals surface area contributed by atoms with Crippen molar-refractivity contribution in [3.05, 3.63) is 83.3 Å². The van der Waals surface area contributed by atoms with E-state index in [-0.39, 0.29) is 11.7 Å². The highest BCUT2D eigenvalue weighted by atomic mass is 35.5. The number of pyridine rings is 1. The zero-order valence-corrected chi connectivity index (χ0v) is 13.2. The lowest BCUT2D eigenvalue weighted by molar-refractivity contribution is 0.102. The van der Waals surface area contributed by atoms with E-state index in [9.17, 15) is 9.18 Å². The molecule has 0 fully saturated rings. The molecule has 120 valence electrons. The molecule has 0 aliphatic carbocycles. The molecule has 0 saturated heterocycles. The van der Waals surface area contributed by atoms with Crippen LogP contribution in [0.2, 0.25) is 5.02 Å². The maximum absolute atomic E-state index is 13.0. The monoisotopic (exact) mass is 341 g/mol. The van der Waals surface area contributed by atoms with Gasteiger partial charge in [-0.15, -0.1) is 0 Å². The molecule has 4 nitrogen and oxygen atoms in total. The van der Waals surface area contributed by atoms with Crippen LogP contribution in [0.4, 0.5) is 21.6 Å². The Morgan fingerprint density at radius 2 is 1.75 bits per heavy atom. The zero-order chi connectivity index (χ0) is 16.9. The molecule has 3 aromatic rings. The Labute approximate surface area is 143 Å². The van der Waals surface area contributed by atoms with E-state index in [1.54, 1.807) is 54.7 Å². The third kappa shape index (κ3) is 3.70. The van der Waals surface area contributed by atoms with Gasteiger partial charge in [-0.2, -0.15) is 0 Å². The fourth-order valence-electron chi connectivity index (χ4n) is 2.11. The molecule has 0 bridgehead atoms. The van der Waals surface area contributed by atoms with Crippen molar-refractivity contribution in [3.63, 3.8) is 0 Å². The lowest BCUT2D eigenvalue weighted by Crippen LogP contribution is -2.14. The van der Waals surface area contributed by atoms with Gasteiger partial charge in [-0.05, 0) is 48.5 Å². The molecule has 1 aromatic heterocycles. The van der Waals surface area contributed by atoms with Crippen LogP contribution < -0.4 is 10.6 Å². The van der Waals surface area contributed by atoms with Crippen LogP contribution in [0.15, 0.2) is 66.9 Å². The third-order valence-corrected chi connectivity index (χ3v) is 3.61. The SMILES string of the molecule is O=C(Nc1ccccc1Cl)c1cccnc1Nc1ccc(F)cc1. The average molecular weight is 342 g/mol. The summed E-state index contributed by atoms with van der Waals surface area (Å²) in [6, 6.07) is 16.1. The molecule has 3 rings (SSSR count). The molecule has 0 saturated carbocycles. The number of benzene rings is 2. The van der Waals surface area contributed by atoms with E-state index in [1.165, 1.54) is 12.1 Å². The van der Waals surface area contributed by atoms with Gasteiger partial charge in [0.05, 0.1) is 16.3 Å². The van der Waals surface area contributed by atoms with Gasteiger partial charge in [0, 0.05) is 11.9 Å². The Balaban J connectivity index is 1.84. The van der Waals surface area contributed by atoms with Crippen molar-refractivity contribution in [3.8, 4) is 0 Å². The van der Waals surface area contributed by atoms with Gasteiger partial charge in [-0.25, -0.2) is 9.37 Å². The van der Waals surface area contributed by atoms with E-state index in [4.69, 9.17) is 11.6 Å². The standard InChI is InChI=1S/C18H13ClFN3O/c19-15-5-1-2-6-16(15)23-18(24)14-4-3-11-21-17(14)22-13-9-7-12(20)8-10-13/h1-11H,(H,21,22)(H,23,24). The van der Waals surface area contributed by atoms with Crippen molar-refractivity contribution in [2.75, 3.05) is 10.6 Å². The second-order valence-corrected chi connectivity index (χ2v) is 5.37. The molecular weight excluding hydrogens is 329 g/mol. The molecule has 0 radical (unpaired) electrons. The third-order valence-electron chi connectivity index (χ3n) is 3.28. The summed E-state index contributed by atoms with van der Waals surface area (Å²) < 4.78 is 13.0. The van der Waals surface area contributed by atoms with Gasteiger partial charge in [0.25, 0.3) is 5.91 Å². The Kier molecular flexibility index (Phi) is 4.72. The molecule has 0 unspecified atom stereocenters. The van der Waals surface area contributed by atoms with E-state index >= 15 is 0 Å². The Hall–Kier alpha value is -2.92. The average Bonchev–Trinajstić information content (AvgIpc) is 2.59. The van der Waals surface area contributed by atoms with Crippen LogP contribution >= 0.6 is 11.6 Å². The molecule has 6 heteroatoms. The molecule has 0 atom stereocenters. The molecule has 24 heavy (non-hydrogen) atoms. The quantitative estimate of drug-likeness (QED) is 0.711. The summed E-state index contributed by atoms with van der Waals surface area (Å²) in [5.74, 6) is -0.312. The van der Waals surface area contributed by atoms with E-state index in [0.717, 1.165) is 0 Å². The first kappa shape index (κ1) is 16.0. The molecule has 1 amide bonds. The van der Waals surface area contributed by atoms with Gasteiger partial charge in [0.2, 0.25) is 0 Å². The molecule has 2 aromatic carbocycles. The van der Waals surface area contributed by atoms with Gasteiger partial charge in [-0.1, -0.05) is 23.7 Å². The topological polar surface area (TPSA) is 54.0 Å². The van der Waals surface area contributed by atoms with Gasteiger partial charge in [-0.3, -0.25) is 4.79 Å². The van der Waals surface area contributed by atoms with Crippen molar-refractivity contribution >= 4 is 34.7 Å².